The summed E-state index contributed by atoms with van der Waals surface area (Å²) in [5.74, 6) is 0.846. The maximum atomic E-state index is 14.3. The smallest absolute Gasteiger partial charge is 0.317 e. The van der Waals surface area contributed by atoms with E-state index in [1.807, 2.05) is 9.80 Å². The van der Waals surface area contributed by atoms with E-state index in [1.54, 1.807) is 12.1 Å². The van der Waals surface area contributed by atoms with Crippen LogP contribution in [-0.2, 0) is 0 Å². The molecule has 3 aliphatic rings. The first-order chi connectivity index (χ1) is 12.5. The van der Waals surface area contributed by atoms with E-state index in [4.69, 9.17) is 0 Å². The van der Waals surface area contributed by atoms with Gasteiger partial charge in [0.2, 0.25) is 0 Å². The molecule has 0 atom stereocenters. The average molecular weight is 359 g/mol. The second-order valence-corrected chi connectivity index (χ2v) is 7.85. The summed E-state index contributed by atoms with van der Waals surface area (Å²) in [7, 11) is 0. The maximum Gasteiger partial charge on any atom is 0.317 e. The number of hydrogen-bond donors (Lipinski definition) is 1. The molecule has 0 spiro atoms. The predicted octanol–water partition coefficient (Wildman–Crippen LogP) is 3.05. The Morgan fingerprint density at radius 3 is 2.19 bits per heavy atom. The summed E-state index contributed by atoms with van der Waals surface area (Å²) in [6.07, 6.45) is 4.96. The van der Waals surface area contributed by atoms with Gasteiger partial charge in [0.05, 0.1) is 5.69 Å². The Hall–Kier alpha value is -2.11. The highest BCUT2D eigenvalue weighted by molar-refractivity contribution is 5.94. The minimum Gasteiger partial charge on any atom is -0.366 e. The molecular formula is C20H26FN3O2. The monoisotopic (exact) mass is 359 g/mol. The molecule has 1 N–H and O–H groups in total. The SMILES string of the molecule is CC(=O)c1ccc(N2CCN(C(=O)NC(C3CC3)C3CC3)CC2)c(F)c1. The van der Waals surface area contributed by atoms with Gasteiger partial charge in [-0.1, -0.05) is 0 Å². The van der Waals surface area contributed by atoms with E-state index in [9.17, 15) is 14.0 Å². The lowest BCUT2D eigenvalue weighted by Crippen LogP contribution is -2.54. The molecule has 0 bridgehead atoms. The third-order valence-electron chi connectivity index (χ3n) is 5.81. The molecule has 1 aromatic rings. The summed E-state index contributed by atoms with van der Waals surface area (Å²) in [6, 6.07) is 5.01. The van der Waals surface area contributed by atoms with E-state index in [-0.39, 0.29) is 17.6 Å². The lowest BCUT2D eigenvalue weighted by atomic mass is 10.1. The van der Waals surface area contributed by atoms with Gasteiger partial charge in [-0.3, -0.25) is 4.79 Å². The van der Waals surface area contributed by atoms with Crippen LogP contribution in [0.4, 0.5) is 14.9 Å². The number of urea groups is 1. The summed E-state index contributed by atoms with van der Waals surface area (Å²) < 4.78 is 14.3. The summed E-state index contributed by atoms with van der Waals surface area (Å²) in [5.41, 5.74) is 0.888. The van der Waals surface area contributed by atoms with Crippen LogP contribution in [-0.4, -0.2) is 48.9 Å². The number of halogens is 1. The van der Waals surface area contributed by atoms with E-state index in [2.05, 4.69) is 5.32 Å². The standard InChI is InChI=1S/C20H26FN3O2/c1-13(25)16-6-7-18(17(21)12-16)23-8-10-24(11-9-23)20(26)22-19(14-2-3-14)15-4-5-15/h6-7,12,14-15,19H,2-5,8-11H2,1H3,(H,22,26). The highest BCUT2D eigenvalue weighted by atomic mass is 19.1. The average Bonchev–Trinajstić information content (AvgIpc) is 3.53. The predicted molar refractivity (Wildman–Crippen MR) is 98.0 cm³/mol. The van der Waals surface area contributed by atoms with E-state index in [0.29, 0.717) is 55.3 Å². The van der Waals surface area contributed by atoms with Gasteiger partial charge in [-0.05, 0) is 62.6 Å². The summed E-state index contributed by atoms with van der Waals surface area (Å²) in [5, 5.41) is 3.25. The van der Waals surface area contributed by atoms with Crippen LogP contribution >= 0.6 is 0 Å². The molecule has 2 amide bonds. The number of piperazine rings is 1. The van der Waals surface area contributed by atoms with Crippen LogP contribution in [0.3, 0.4) is 0 Å². The number of nitrogens with one attached hydrogen (secondary N) is 1. The van der Waals surface area contributed by atoms with Gasteiger partial charge < -0.3 is 15.1 Å². The van der Waals surface area contributed by atoms with Crippen molar-refractivity contribution in [1.82, 2.24) is 10.2 Å². The fourth-order valence-corrected chi connectivity index (χ4v) is 3.90. The van der Waals surface area contributed by atoms with Crippen LogP contribution in [0.25, 0.3) is 0 Å². The summed E-state index contributed by atoms with van der Waals surface area (Å²) in [4.78, 5) is 27.7. The van der Waals surface area contributed by atoms with Gasteiger partial charge in [-0.15, -0.1) is 0 Å². The highest BCUT2D eigenvalue weighted by Crippen LogP contribution is 2.44. The molecule has 2 aliphatic carbocycles. The number of anilines is 1. The van der Waals surface area contributed by atoms with Crippen LogP contribution in [0, 0.1) is 17.7 Å². The lowest BCUT2D eigenvalue weighted by Gasteiger charge is -2.37. The lowest BCUT2D eigenvalue weighted by molar-refractivity contribution is 0.101. The molecule has 0 unspecified atom stereocenters. The molecular weight excluding hydrogens is 333 g/mol. The third kappa shape index (κ3) is 3.69. The number of Topliss-reactive ketones (excluding diaryl/α,β-unsaturated/α-hetero) is 1. The first kappa shape index (κ1) is 17.3. The zero-order valence-electron chi connectivity index (χ0n) is 15.2. The van der Waals surface area contributed by atoms with Crippen molar-refractivity contribution in [2.75, 3.05) is 31.1 Å². The van der Waals surface area contributed by atoms with Gasteiger partial charge in [0.15, 0.2) is 5.78 Å². The number of nitrogens with zero attached hydrogens (tertiary/aromatic N) is 2. The van der Waals surface area contributed by atoms with Crippen molar-refractivity contribution in [1.29, 1.82) is 0 Å². The number of carbonyl (C=O) groups excluding carboxylic acids is 2. The van der Waals surface area contributed by atoms with E-state index < -0.39 is 0 Å². The van der Waals surface area contributed by atoms with Gasteiger partial charge in [0, 0.05) is 37.8 Å². The Labute approximate surface area is 153 Å². The molecule has 1 heterocycles. The molecule has 26 heavy (non-hydrogen) atoms. The van der Waals surface area contributed by atoms with E-state index in [0.717, 1.165) is 0 Å². The molecule has 2 saturated carbocycles. The second-order valence-electron chi connectivity index (χ2n) is 7.85. The number of benzene rings is 1. The number of hydrogen-bond acceptors (Lipinski definition) is 3. The zero-order chi connectivity index (χ0) is 18.3. The van der Waals surface area contributed by atoms with Crippen molar-refractivity contribution in [3.63, 3.8) is 0 Å². The molecule has 0 aromatic heterocycles. The Bertz CT molecular complexity index is 695. The summed E-state index contributed by atoms with van der Waals surface area (Å²) in [6.45, 7) is 3.80. The molecule has 0 radical (unpaired) electrons. The number of ketones is 1. The number of rotatable bonds is 5. The first-order valence-electron chi connectivity index (χ1n) is 9.64. The molecule has 1 aromatic carbocycles. The van der Waals surface area contributed by atoms with Gasteiger partial charge >= 0.3 is 6.03 Å². The molecule has 1 saturated heterocycles. The van der Waals surface area contributed by atoms with Crippen molar-refractivity contribution >= 4 is 17.5 Å². The van der Waals surface area contributed by atoms with Crippen molar-refractivity contribution in [3.8, 4) is 0 Å². The topological polar surface area (TPSA) is 52.7 Å². The van der Waals surface area contributed by atoms with Crippen LogP contribution in [0.15, 0.2) is 18.2 Å². The van der Waals surface area contributed by atoms with Crippen molar-refractivity contribution in [2.24, 2.45) is 11.8 Å². The third-order valence-corrected chi connectivity index (χ3v) is 5.81. The Morgan fingerprint density at radius 1 is 1.08 bits per heavy atom. The van der Waals surface area contributed by atoms with Crippen LogP contribution in [0.1, 0.15) is 43.0 Å². The highest BCUT2D eigenvalue weighted by Gasteiger charge is 2.42. The van der Waals surface area contributed by atoms with Crippen molar-refractivity contribution < 1.29 is 14.0 Å². The van der Waals surface area contributed by atoms with Crippen LogP contribution in [0.5, 0.6) is 0 Å². The van der Waals surface area contributed by atoms with Crippen molar-refractivity contribution in [3.05, 3.63) is 29.6 Å². The Balaban J connectivity index is 1.33. The fraction of sp³-hybridized carbons (Fsp3) is 0.600. The van der Waals surface area contributed by atoms with Crippen LogP contribution < -0.4 is 10.2 Å². The van der Waals surface area contributed by atoms with E-state index in [1.165, 1.54) is 38.7 Å². The molecule has 4 rings (SSSR count). The van der Waals surface area contributed by atoms with Crippen LogP contribution in [0.2, 0.25) is 0 Å². The molecule has 1 aliphatic heterocycles. The Kier molecular flexibility index (Phi) is 4.59. The normalized spacial score (nSPS) is 20.4. The molecule has 5 nitrogen and oxygen atoms in total. The quantitative estimate of drug-likeness (QED) is 0.822. The molecule has 3 fully saturated rings. The maximum absolute atomic E-state index is 14.3. The Morgan fingerprint density at radius 2 is 1.69 bits per heavy atom. The minimum atomic E-state index is -0.377. The van der Waals surface area contributed by atoms with Gasteiger partial charge in [0.1, 0.15) is 5.82 Å². The van der Waals surface area contributed by atoms with E-state index >= 15 is 0 Å². The number of carbonyl (C=O) groups is 2. The second kappa shape index (κ2) is 6.89. The van der Waals surface area contributed by atoms with Gasteiger partial charge in [-0.2, -0.15) is 0 Å². The first-order valence-corrected chi connectivity index (χ1v) is 9.64. The molecule has 6 heteroatoms. The van der Waals surface area contributed by atoms with Gasteiger partial charge in [-0.25, -0.2) is 9.18 Å². The fourth-order valence-electron chi connectivity index (χ4n) is 3.90. The number of amides is 2. The molecule has 140 valence electrons. The van der Waals surface area contributed by atoms with Crippen molar-refractivity contribution in [2.45, 2.75) is 38.6 Å². The minimum absolute atomic E-state index is 0.0286. The zero-order valence-corrected chi connectivity index (χ0v) is 15.2. The summed E-state index contributed by atoms with van der Waals surface area (Å²) >= 11 is 0. The largest absolute Gasteiger partial charge is 0.366 e. The van der Waals surface area contributed by atoms with Gasteiger partial charge in [0.25, 0.3) is 0 Å².